The molecule has 1 saturated heterocycles. The van der Waals surface area contributed by atoms with E-state index in [0.717, 1.165) is 23.0 Å². The van der Waals surface area contributed by atoms with Gasteiger partial charge in [-0.2, -0.15) is 4.31 Å². The zero-order chi connectivity index (χ0) is 24.3. The van der Waals surface area contributed by atoms with Crippen LogP contribution in [0, 0.1) is 5.92 Å². The molecule has 182 valence electrons. The fourth-order valence-corrected chi connectivity index (χ4v) is 6.12. The van der Waals surface area contributed by atoms with Crippen LogP contribution in [-0.4, -0.2) is 50.5 Å². The molecule has 0 bridgehead atoms. The third kappa shape index (κ3) is 4.63. The number of amides is 1. The number of carbonyl (C=O) groups is 1. The molecule has 2 aromatic carbocycles. The van der Waals surface area contributed by atoms with Crippen molar-refractivity contribution in [3.05, 3.63) is 54.2 Å². The summed E-state index contributed by atoms with van der Waals surface area (Å²) in [6, 6.07) is 12.6. The molecule has 0 spiro atoms. The van der Waals surface area contributed by atoms with Crippen molar-refractivity contribution in [1.29, 1.82) is 0 Å². The second-order valence-electron chi connectivity index (χ2n) is 8.40. The summed E-state index contributed by atoms with van der Waals surface area (Å²) in [5, 5.41) is 3.83. The normalized spacial score (nSPS) is 17.0. The number of hydrogen-bond acceptors (Lipinski definition) is 5. The Morgan fingerprint density at radius 2 is 1.97 bits per heavy atom. The Morgan fingerprint density at radius 3 is 2.71 bits per heavy atom. The molecule has 4 rings (SSSR count). The van der Waals surface area contributed by atoms with Gasteiger partial charge >= 0.3 is 0 Å². The van der Waals surface area contributed by atoms with Gasteiger partial charge in [0, 0.05) is 48.8 Å². The van der Waals surface area contributed by atoms with Crippen LogP contribution in [0.4, 0.5) is 0 Å². The van der Waals surface area contributed by atoms with Crippen LogP contribution < -0.4 is 14.8 Å². The minimum atomic E-state index is -3.70. The number of piperidine rings is 1. The molecule has 9 heteroatoms. The number of fused-ring (bicyclic) bond motifs is 1. The Kier molecular flexibility index (Phi) is 7.13. The van der Waals surface area contributed by atoms with E-state index in [0.29, 0.717) is 30.9 Å². The smallest absolute Gasteiger partial charge is 0.243 e. The van der Waals surface area contributed by atoms with Gasteiger partial charge in [-0.05, 0) is 50.1 Å². The number of ether oxygens (including phenoxy) is 2. The second kappa shape index (κ2) is 10.1. The van der Waals surface area contributed by atoms with Crippen molar-refractivity contribution in [1.82, 2.24) is 14.2 Å². The molecule has 0 aliphatic carbocycles. The fourth-order valence-electron chi connectivity index (χ4n) is 4.56. The van der Waals surface area contributed by atoms with Gasteiger partial charge in [0.1, 0.15) is 0 Å². The summed E-state index contributed by atoms with van der Waals surface area (Å²) in [4.78, 5) is 13.2. The van der Waals surface area contributed by atoms with Crippen molar-refractivity contribution in [3.63, 3.8) is 0 Å². The second-order valence-corrected chi connectivity index (χ2v) is 10.3. The molecule has 1 aromatic heterocycles. The summed E-state index contributed by atoms with van der Waals surface area (Å²) in [5.41, 5.74) is 1.80. The standard InChI is InChI=1S/C25H31N3O5S/c1-4-27-14-12-18-15-21(10-11-22(18)27)34(30,31)28-13-6-8-20(17-28)25(29)26-16-19-7-5-9-23(32-2)24(19)33-3/h5,7,9-12,14-15,20H,4,6,8,13,16-17H2,1-3H3,(H,26,29)/t20-/m0/s1. The number of sulfonamides is 1. The van der Waals surface area contributed by atoms with Crippen molar-refractivity contribution in [2.24, 2.45) is 5.92 Å². The Hall–Kier alpha value is -3.04. The number of hydrogen-bond donors (Lipinski definition) is 1. The van der Waals surface area contributed by atoms with E-state index >= 15 is 0 Å². The van der Waals surface area contributed by atoms with Gasteiger partial charge in [-0.15, -0.1) is 0 Å². The van der Waals surface area contributed by atoms with Crippen LogP contribution in [0.1, 0.15) is 25.3 Å². The minimum Gasteiger partial charge on any atom is -0.493 e. The molecule has 2 heterocycles. The van der Waals surface area contributed by atoms with Crippen molar-refractivity contribution >= 4 is 26.8 Å². The van der Waals surface area contributed by atoms with Gasteiger partial charge < -0.3 is 19.4 Å². The van der Waals surface area contributed by atoms with Crippen LogP contribution >= 0.6 is 0 Å². The van der Waals surface area contributed by atoms with Crippen LogP contribution in [0.5, 0.6) is 11.5 Å². The van der Waals surface area contributed by atoms with Crippen LogP contribution in [-0.2, 0) is 27.9 Å². The molecule has 3 aromatic rings. The quantitative estimate of drug-likeness (QED) is 0.528. The Labute approximate surface area is 200 Å². The molecule has 1 N–H and O–H groups in total. The Morgan fingerprint density at radius 1 is 1.15 bits per heavy atom. The molecule has 34 heavy (non-hydrogen) atoms. The molecule has 1 aliphatic heterocycles. The van der Waals surface area contributed by atoms with E-state index < -0.39 is 15.9 Å². The van der Waals surface area contributed by atoms with E-state index in [1.807, 2.05) is 37.4 Å². The number of methoxy groups -OCH3 is 2. The van der Waals surface area contributed by atoms with E-state index in [9.17, 15) is 13.2 Å². The largest absolute Gasteiger partial charge is 0.493 e. The van der Waals surface area contributed by atoms with E-state index in [1.165, 1.54) is 4.31 Å². The number of para-hydroxylation sites is 1. The highest BCUT2D eigenvalue weighted by molar-refractivity contribution is 7.89. The average Bonchev–Trinajstić information content (AvgIpc) is 3.29. The number of aromatic nitrogens is 1. The average molecular weight is 486 g/mol. The molecular weight excluding hydrogens is 454 g/mol. The highest BCUT2D eigenvalue weighted by Crippen LogP contribution is 2.31. The maximum atomic E-state index is 13.4. The van der Waals surface area contributed by atoms with Gasteiger partial charge in [0.25, 0.3) is 0 Å². The molecule has 8 nitrogen and oxygen atoms in total. The minimum absolute atomic E-state index is 0.164. The van der Waals surface area contributed by atoms with Crippen molar-refractivity contribution < 1.29 is 22.7 Å². The number of aryl methyl sites for hydroxylation is 1. The SMILES string of the molecule is CCn1ccc2cc(S(=O)(=O)N3CCC[C@H](C(=O)NCc4cccc(OC)c4OC)C3)ccc21. The first-order chi connectivity index (χ1) is 16.4. The highest BCUT2D eigenvalue weighted by Gasteiger charge is 2.33. The monoisotopic (exact) mass is 485 g/mol. The van der Waals surface area contributed by atoms with Crippen LogP contribution in [0.2, 0.25) is 0 Å². The van der Waals surface area contributed by atoms with Gasteiger partial charge in [-0.25, -0.2) is 8.42 Å². The Bertz CT molecular complexity index is 1280. The van der Waals surface area contributed by atoms with Crippen molar-refractivity contribution in [2.75, 3.05) is 27.3 Å². The van der Waals surface area contributed by atoms with Gasteiger partial charge in [0.2, 0.25) is 15.9 Å². The summed E-state index contributed by atoms with van der Waals surface area (Å²) < 4.78 is 41.0. The van der Waals surface area contributed by atoms with Gasteiger partial charge in [0.15, 0.2) is 11.5 Å². The van der Waals surface area contributed by atoms with E-state index in [1.54, 1.807) is 32.4 Å². The molecule has 1 fully saturated rings. The first-order valence-corrected chi connectivity index (χ1v) is 12.9. The molecule has 0 radical (unpaired) electrons. The zero-order valence-electron chi connectivity index (χ0n) is 19.8. The lowest BCUT2D eigenvalue weighted by molar-refractivity contribution is -0.126. The maximum Gasteiger partial charge on any atom is 0.243 e. The zero-order valence-corrected chi connectivity index (χ0v) is 20.6. The third-order valence-corrected chi connectivity index (χ3v) is 8.27. The molecule has 0 saturated carbocycles. The number of nitrogens with zero attached hydrogens (tertiary/aromatic N) is 2. The molecule has 1 atom stereocenters. The van der Waals surface area contributed by atoms with Gasteiger partial charge in [0.05, 0.1) is 25.0 Å². The fraction of sp³-hybridized carbons (Fsp3) is 0.400. The highest BCUT2D eigenvalue weighted by atomic mass is 32.2. The first kappa shape index (κ1) is 24.1. The number of carbonyl (C=O) groups excluding carboxylic acids is 1. The summed E-state index contributed by atoms with van der Waals surface area (Å²) >= 11 is 0. The van der Waals surface area contributed by atoms with E-state index in [4.69, 9.17) is 9.47 Å². The van der Waals surface area contributed by atoms with Crippen LogP contribution in [0.15, 0.2) is 53.6 Å². The first-order valence-electron chi connectivity index (χ1n) is 11.5. The number of rotatable bonds is 8. The Balaban J connectivity index is 1.46. The summed E-state index contributed by atoms with van der Waals surface area (Å²) in [6.07, 6.45) is 3.24. The molecule has 1 aliphatic rings. The maximum absolute atomic E-state index is 13.4. The number of nitrogens with one attached hydrogen (secondary N) is 1. The number of benzene rings is 2. The van der Waals surface area contributed by atoms with E-state index in [-0.39, 0.29) is 23.9 Å². The topological polar surface area (TPSA) is 89.9 Å². The third-order valence-electron chi connectivity index (χ3n) is 6.41. The molecule has 0 unspecified atom stereocenters. The van der Waals surface area contributed by atoms with Gasteiger partial charge in [-0.1, -0.05) is 12.1 Å². The van der Waals surface area contributed by atoms with Crippen molar-refractivity contribution in [3.8, 4) is 11.5 Å². The predicted molar refractivity (Wildman–Crippen MR) is 130 cm³/mol. The predicted octanol–water partition coefficient (Wildman–Crippen LogP) is 3.40. The van der Waals surface area contributed by atoms with Crippen LogP contribution in [0.25, 0.3) is 10.9 Å². The summed E-state index contributed by atoms with van der Waals surface area (Å²) in [6.45, 7) is 3.71. The molecule has 1 amide bonds. The summed E-state index contributed by atoms with van der Waals surface area (Å²) in [7, 11) is -0.576. The van der Waals surface area contributed by atoms with E-state index in [2.05, 4.69) is 9.88 Å². The lowest BCUT2D eigenvalue weighted by atomic mass is 9.98. The summed E-state index contributed by atoms with van der Waals surface area (Å²) in [5.74, 6) is 0.589. The lowest BCUT2D eigenvalue weighted by Gasteiger charge is -2.31. The lowest BCUT2D eigenvalue weighted by Crippen LogP contribution is -2.45. The molecular formula is C25H31N3O5S. The van der Waals surface area contributed by atoms with Gasteiger partial charge in [-0.3, -0.25) is 4.79 Å². The van der Waals surface area contributed by atoms with Crippen molar-refractivity contribution in [2.45, 2.75) is 37.8 Å². The van der Waals surface area contributed by atoms with Crippen LogP contribution in [0.3, 0.4) is 0 Å².